The second-order valence-corrected chi connectivity index (χ2v) is 7.51. The van der Waals surface area contributed by atoms with Gasteiger partial charge >= 0.3 is 0 Å². The predicted octanol–water partition coefficient (Wildman–Crippen LogP) is 4.14. The highest BCUT2D eigenvalue weighted by Crippen LogP contribution is 2.33. The van der Waals surface area contributed by atoms with E-state index in [-0.39, 0.29) is 0 Å². The molecule has 106 valence electrons. The predicted molar refractivity (Wildman–Crippen MR) is 90.4 cm³/mol. The van der Waals surface area contributed by atoms with Crippen LogP contribution in [0.3, 0.4) is 0 Å². The third-order valence-corrected chi connectivity index (χ3v) is 6.38. The van der Waals surface area contributed by atoms with E-state index in [1.165, 1.54) is 41.2 Å². The van der Waals surface area contributed by atoms with Crippen molar-refractivity contribution in [3.63, 3.8) is 0 Å². The summed E-state index contributed by atoms with van der Waals surface area (Å²) in [4.78, 5) is 0. The van der Waals surface area contributed by atoms with Gasteiger partial charge in [0.05, 0.1) is 0 Å². The molecule has 0 bridgehead atoms. The second-order valence-electron chi connectivity index (χ2n) is 5.01. The number of hydrogen-bond acceptors (Lipinski definition) is 3. The summed E-state index contributed by atoms with van der Waals surface area (Å²) in [5.74, 6) is 3.89. The first kappa shape index (κ1) is 15.3. The van der Waals surface area contributed by atoms with Gasteiger partial charge in [-0.05, 0) is 24.1 Å². The molecular weight excluding hydrogens is 270 g/mol. The molecule has 0 saturated carbocycles. The van der Waals surface area contributed by atoms with E-state index in [0.29, 0.717) is 6.04 Å². The lowest BCUT2D eigenvalue weighted by Gasteiger charge is -2.30. The van der Waals surface area contributed by atoms with Crippen molar-refractivity contribution in [3.8, 4) is 0 Å². The molecule has 19 heavy (non-hydrogen) atoms. The summed E-state index contributed by atoms with van der Waals surface area (Å²) in [5, 5.41) is 4.40. The first-order valence-corrected chi connectivity index (χ1v) is 9.57. The van der Waals surface area contributed by atoms with Crippen molar-refractivity contribution in [1.82, 2.24) is 5.32 Å². The van der Waals surface area contributed by atoms with Gasteiger partial charge in [0.2, 0.25) is 0 Å². The SMILES string of the molecule is CCCc1ccc(C(NCC)C2CSCCS2)cc1. The zero-order valence-electron chi connectivity index (χ0n) is 12.0. The molecule has 2 atom stereocenters. The molecule has 0 amide bonds. The summed E-state index contributed by atoms with van der Waals surface area (Å²) >= 11 is 4.24. The Morgan fingerprint density at radius 2 is 2.00 bits per heavy atom. The van der Waals surface area contributed by atoms with E-state index in [4.69, 9.17) is 0 Å². The van der Waals surface area contributed by atoms with Crippen LogP contribution in [0.5, 0.6) is 0 Å². The van der Waals surface area contributed by atoms with Crippen LogP contribution in [0, 0.1) is 0 Å². The van der Waals surface area contributed by atoms with E-state index < -0.39 is 0 Å². The van der Waals surface area contributed by atoms with Crippen LogP contribution >= 0.6 is 23.5 Å². The van der Waals surface area contributed by atoms with E-state index in [1.807, 2.05) is 0 Å². The van der Waals surface area contributed by atoms with Crippen LogP contribution in [0.2, 0.25) is 0 Å². The van der Waals surface area contributed by atoms with Crippen molar-refractivity contribution >= 4 is 23.5 Å². The first-order valence-electron chi connectivity index (χ1n) is 7.36. The lowest BCUT2D eigenvalue weighted by molar-refractivity contribution is 0.550. The van der Waals surface area contributed by atoms with Gasteiger partial charge in [0, 0.05) is 28.6 Å². The molecule has 1 heterocycles. The van der Waals surface area contributed by atoms with Crippen LogP contribution < -0.4 is 5.32 Å². The molecule has 2 unspecified atom stereocenters. The van der Waals surface area contributed by atoms with E-state index in [2.05, 4.69) is 67.0 Å². The summed E-state index contributed by atoms with van der Waals surface area (Å²) in [6.45, 7) is 5.49. The number of benzene rings is 1. The molecular formula is C16H25NS2. The van der Waals surface area contributed by atoms with Gasteiger partial charge in [-0.25, -0.2) is 0 Å². The van der Waals surface area contributed by atoms with Crippen LogP contribution in [0.15, 0.2) is 24.3 Å². The Morgan fingerprint density at radius 3 is 2.58 bits per heavy atom. The Balaban J connectivity index is 2.08. The quantitative estimate of drug-likeness (QED) is 0.847. The third-order valence-electron chi connectivity index (χ3n) is 3.52. The average Bonchev–Trinajstić information content (AvgIpc) is 2.47. The van der Waals surface area contributed by atoms with Crippen molar-refractivity contribution < 1.29 is 0 Å². The molecule has 0 aromatic heterocycles. The van der Waals surface area contributed by atoms with Crippen molar-refractivity contribution in [2.75, 3.05) is 23.8 Å². The van der Waals surface area contributed by atoms with E-state index in [9.17, 15) is 0 Å². The summed E-state index contributed by atoms with van der Waals surface area (Å²) in [7, 11) is 0. The largest absolute Gasteiger partial charge is 0.309 e. The smallest absolute Gasteiger partial charge is 0.0448 e. The standard InChI is InChI=1S/C16H25NS2/c1-3-5-13-6-8-14(9-7-13)16(17-4-2)15-12-18-10-11-19-15/h6-9,15-17H,3-5,10-12H2,1-2H3. The maximum Gasteiger partial charge on any atom is 0.0448 e. The van der Waals surface area contributed by atoms with E-state index >= 15 is 0 Å². The summed E-state index contributed by atoms with van der Waals surface area (Å²) in [6, 6.07) is 9.79. The van der Waals surface area contributed by atoms with Gasteiger partial charge in [0.25, 0.3) is 0 Å². The summed E-state index contributed by atoms with van der Waals surface area (Å²) in [5.41, 5.74) is 2.92. The Hall–Kier alpha value is -0.120. The van der Waals surface area contributed by atoms with Gasteiger partial charge < -0.3 is 5.32 Å². The normalized spacial score (nSPS) is 21.3. The van der Waals surface area contributed by atoms with Crippen molar-refractivity contribution in [2.45, 2.75) is 38.0 Å². The van der Waals surface area contributed by atoms with E-state index in [1.54, 1.807) is 0 Å². The molecule has 1 aliphatic rings. The number of aryl methyl sites for hydroxylation is 1. The van der Waals surface area contributed by atoms with Crippen molar-refractivity contribution in [2.24, 2.45) is 0 Å². The summed E-state index contributed by atoms with van der Waals surface area (Å²) in [6.07, 6.45) is 2.42. The van der Waals surface area contributed by atoms with Gasteiger partial charge in [0.1, 0.15) is 0 Å². The molecule has 1 saturated heterocycles. The third kappa shape index (κ3) is 4.44. The number of thioether (sulfide) groups is 2. The molecule has 1 aromatic rings. The molecule has 0 spiro atoms. The van der Waals surface area contributed by atoms with Crippen LogP contribution in [0.25, 0.3) is 0 Å². The fourth-order valence-electron chi connectivity index (χ4n) is 2.56. The first-order chi connectivity index (χ1) is 9.35. The molecule has 0 aliphatic carbocycles. The molecule has 3 heteroatoms. The molecule has 1 N–H and O–H groups in total. The fourth-order valence-corrected chi connectivity index (χ4v) is 5.43. The van der Waals surface area contributed by atoms with E-state index in [0.717, 1.165) is 11.8 Å². The van der Waals surface area contributed by atoms with Crippen molar-refractivity contribution in [1.29, 1.82) is 0 Å². The Morgan fingerprint density at radius 1 is 1.21 bits per heavy atom. The number of hydrogen-bond donors (Lipinski definition) is 1. The maximum atomic E-state index is 3.69. The minimum Gasteiger partial charge on any atom is -0.309 e. The monoisotopic (exact) mass is 295 g/mol. The van der Waals surface area contributed by atoms with Crippen LogP contribution in [0.1, 0.15) is 37.4 Å². The second kappa shape index (κ2) is 8.23. The van der Waals surface area contributed by atoms with Gasteiger partial charge in [-0.2, -0.15) is 23.5 Å². The molecule has 0 radical (unpaired) electrons. The Labute approximate surface area is 126 Å². The highest BCUT2D eigenvalue weighted by atomic mass is 32.2. The zero-order chi connectivity index (χ0) is 13.5. The number of rotatable bonds is 6. The van der Waals surface area contributed by atoms with Crippen LogP contribution in [-0.4, -0.2) is 29.1 Å². The zero-order valence-corrected chi connectivity index (χ0v) is 13.7. The average molecular weight is 296 g/mol. The van der Waals surface area contributed by atoms with Crippen LogP contribution in [-0.2, 0) is 6.42 Å². The minimum atomic E-state index is 0.512. The topological polar surface area (TPSA) is 12.0 Å². The molecule has 1 nitrogen and oxygen atoms in total. The highest BCUT2D eigenvalue weighted by Gasteiger charge is 2.25. The minimum absolute atomic E-state index is 0.512. The Bertz CT molecular complexity index is 358. The van der Waals surface area contributed by atoms with Crippen LogP contribution in [0.4, 0.5) is 0 Å². The van der Waals surface area contributed by atoms with Crippen molar-refractivity contribution in [3.05, 3.63) is 35.4 Å². The van der Waals surface area contributed by atoms with Gasteiger partial charge in [-0.15, -0.1) is 0 Å². The van der Waals surface area contributed by atoms with Gasteiger partial charge in [0.15, 0.2) is 0 Å². The fraction of sp³-hybridized carbons (Fsp3) is 0.625. The summed E-state index contributed by atoms with van der Waals surface area (Å²) < 4.78 is 0. The molecule has 1 fully saturated rings. The highest BCUT2D eigenvalue weighted by molar-refractivity contribution is 8.06. The molecule has 2 rings (SSSR count). The Kier molecular flexibility index (Phi) is 6.62. The number of nitrogens with one attached hydrogen (secondary N) is 1. The lowest BCUT2D eigenvalue weighted by atomic mass is 10.0. The molecule has 1 aliphatic heterocycles. The maximum absolute atomic E-state index is 3.69. The van der Waals surface area contributed by atoms with Gasteiger partial charge in [-0.1, -0.05) is 44.5 Å². The lowest BCUT2D eigenvalue weighted by Crippen LogP contribution is -2.33. The van der Waals surface area contributed by atoms with Gasteiger partial charge in [-0.3, -0.25) is 0 Å². The molecule has 1 aromatic carbocycles.